The number of carbonyl (C=O) groups is 5. The number of ether oxygens (including phenoxy) is 1. The first-order valence-electron chi connectivity index (χ1n) is 9.71. The molecule has 11 nitrogen and oxygen atoms in total. The highest BCUT2D eigenvalue weighted by Crippen LogP contribution is 2.25. The van der Waals surface area contributed by atoms with Crippen LogP contribution < -0.4 is 21.1 Å². The average Bonchev–Trinajstić information content (AvgIpc) is 2.73. The van der Waals surface area contributed by atoms with E-state index in [2.05, 4.69) is 10.6 Å². The van der Waals surface area contributed by atoms with E-state index in [-0.39, 0.29) is 18.6 Å². The second-order valence-electron chi connectivity index (χ2n) is 7.38. The zero-order valence-electron chi connectivity index (χ0n) is 18.0. The maximum absolute atomic E-state index is 12.7. The molecule has 0 saturated heterocycles. The molecule has 2 amide bonds. The Hall–Kier alpha value is -2.83. The maximum Gasteiger partial charge on any atom is 0.322 e. The van der Waals surface area contributed by atoms with Crippen LogP contribution in [0.5, 0.6) is 5.75 Å². The minimum atomic E-state index is -1.30. The Kier molecular flexibility index (Phi) is 11.1. The lowest BCUT2D eigenvalue weighted by Gasteiger charge is -2.26. The van der Waals surface area contributed by atoms with Crippen LogP contribution in [0.15, 0.2) is 24.3 Å². The molecule has 0 aliphatic heterocycles. The molecule has 0 aliphatic carbocycles. The van der Waals surface area contributed by atoms with Crippen molar-refractivity contribution in [1.29, 1.82) is 0 Å². The van der Waals surface area contributed by atoms with E-state index in [1.807, 2.05) is 0 Å². The second-order valence-corrected chi connectivity index (χ2v) is 8.81. The van der Waals surface area contributed by atoms with Crippen LogP contribution in [-0.2, 0) is 24.0 Å². The number of benzene rings is 1. The predicted octanol–water partition coefficient (Wildman–Crippen LogP) is 0.635. The first-order chi connectivity index (χ1) is 15.3. The fourth-order valence-electron chi connectivity index (χ4n) is 2.33. The molecular formula is C20H26ClN3O8S. The van der Waals surface area contributed by atoms with Gasteiger partial charge in [0.25, 0.3) is 0 Å². The van der Waals surface area contributed by atoms with Crippen molar-refractivity contribution < 1.29 is 38.9 Å². The summed E-state index contributed by atoms with van der Waals surface area (Å²) in [6, 6.07) is 3.85. The van der Waals surface area contributed by atoms with Gasteiger partial charge in [0.15, 0.2) is 5.60 Å². The van der Waals surface area contributed by atoms with E-state index in [0.717, 1.165) is 0 Å². The van der Waals surface area contributed by atoms with Crippen molar-refractivity contribution in [3.8, 4) is 5.75 Å². The van der Waals surface area contributed by atoms with Gasteiger partial charge in [0, 0.05) is 17.2 Å². The van der Waals surface area contributed by atoms with Gasteiger partial charge >= 0.3 is 11.9 Å². The molecule has 0 aromatic heterocycles. The number of amides is 2. The number of carbonyl (C=O) groups excluding carboxylic acids is 3. The largest absolute Gasteiger partial charge is 0.481 e. The summed E-state index contributed by atoms with van der Waals surface area (Å²) in [6.07, 6.45) is -0.521. The van der Waals surface area contributed by atoms with E-state index >= 15 is 0 Å². The molecule has 1 aromatic carbocycles. The lowest BCUT2D eigenvalue weighted by Crippen LogP contribution is -2.53. The van der Waals surface area contributed by atoms with Crippen LogP contribution in [0.3, 0.4) is 0 Å². The third kappa shape index (κ3) is 10.6. The highest BCUT2D eigenvalue weighted by molar-refractivity contribution is 8.13. The quantitative estimate of drug-likeness (QED) is 0.255. The Morgan fingerprint density at radius 1 is 1.09 bits per heavy atom. The first kappa shape index (κ1) is 28.2. The van der Waals surface area contributed by atoms with Crippen molar-refractivity contribution in [3.63, 3.8) is 0 Å². The Bertz CT molecular complexity index is 879. The number of aliphatic carboxylic acids is 2. The van der Waals surface area contributed by atoms with Gasteiger partial charge in [0.2, 0.25) is 16.9 Å². The van der Waals surface area contributed by atoms with Crippen molar-refractivity contribution >= 4 is 52.2 Å². The number of carboxylic acid groups (broad SMARTS) is 2. The van der Waals surface area contributed by atoms with Crippen molar-refractivity contribution in [3.05, 3.63) is 29.3 Å². The lowest BCUT2D eigenvalue weighted by atomic mass is 10.1. The topological polar surface area (TPSA) is 185 Å². The van der Waals surface area contributed by atoms with Crippen molar-refractivity contribution in [2.24, 2.45) is 5.73 Å². The summed E-state index contributed by atoms with van der Waals surface area (Å²) in [4.78, 5) is 58.7. The van der Waals surface area contributed by atoms with Gasteiger partial charge in [0.1, 0.15) is 18.3 Å². The number of carboxylic acids is 2. The molecule has 0 fully saturated rings. The highest BCUT2D eigenvalue weighted by atomic mass is 35.5. The molecule has 13 heteroatoms. The summed E-state index contributed by atoms with van der Waals surface area (Å²) in [5, 5.41) is 22.0. The van der Waals surface area contributed by atoms with Crippen LogP contribution in [-0.4, -0.2) is 69.1 Å². The Labute approximate surface area is 199 Å². The van der Waals surface area contributed by atoms with Gasteiger partial charge in [0.05, 0.1) is 6.04 Å². The Morgan fingerprint density at radius 2 is 1.70 bits per heavy atom. The number of nitrogens with one attached hydrogen (secondary N) is 2. The average molecular weight is 504 g/mol. The highest BCUT2D eigenvalue weighted by Gasteiger charge is 2.33. The van der Waals surface area contributed by atoms with Crippen LogP contribution in [0.25, 0.3) is 0 Å². The minimum absolute atomic E-state index is 0.168. The van der Waals surface area contributed by atoms with Crippen LogP contribution in [0.1, 0.15) is 26.7 Å². The van der Waals surface area contributed by atoms with Crippen LogP contribution in [0.2, 0.25) is 5.02 Å². The number of hydrogen-bond acceptors (Lipinski definition) is 8. The second kappa shape index (κ2) is 13.0. The van der Waals surface area contributed by atoms with Gasteiger partial charge in [-0.25, -0.2) is 0 Å². The molecule has 182 valence electrons. The van der Waals surface area contributed by atoms with E-state index in [9.17, 15) is 24.0 Å². The first-order valence-corrected chi connectivity index (χ1v) is 11.1. The van der Waals surface area contributed by atoms with Gasteiger partial charge in [-0.05, 0) is 44.5 Å². The maximum atomic E-state index is 12.7. The van der Waals surface area contributed by atoms with Gasteiger partial charge < -0.3 is 31.3 Å². The third-order valence-corrected chi connectivity index (χ3v) is 5.62. The van der Waals surface area contributed by atoms with E-state index in [0.29, 0.717) is 22.5 Å². The third-order valence-electron chi connectivity index (χ3n) is 4.11. The molecule has 0 heterocycles. The smallest absolute Gasteiger partial charge is 0.322 e. The monoisotopic (exact) mass is 503 g/mol. The fourth-order valence-corrected chi connectivity index (χ4v) is 3.40. The van der Waals surface area contributed by atoms with Gasteiger partial charge in [-0.3, -0.25) is 24.0 Å². The summed E-state index contributed by atoms with van der Waals surface area (Å²) < 4.78 is 5.69. The molecule has 6 N–H and O–H groups in total. The van der Waals surface area contributed by atoms with Crippen LogP contribution >= 0.6 is 23.4 Å². The molecular weight excluding hydrogens is 478 g/mol. The number of thioether (sulfide) groups is 1. The van der Waals surface area contributed by atoms with Crippen LogP contribution in [0.4, 0.5) is 0 Å². The predicted molar refractivity (Wildman–Crippen MR) is 121 cm³/mol. The number of nitrogens with two attached hydrogens (primary N) is 1. The molecule has 0 unspecified atom stereocenters. The molecule has 0 bridgehead atoms. The summed E-state index contributed by atoms with van der Waals surface area (Å²) in [5.41, 5.74) is 4.35. The molecule has 0 spiro atoms. The number of halogens is 1. The lowest BCUT2D eigenvalue weighted by molar-refractivity contribution is -0.138. The van der Waals surface area contributed by atoms with Crippen molar-refractivity contribution in [2.45, 2.75) is 44.4 Å². The number of rotatable bonds is 13. The standard InChI is InChI=1S/C20H26ClN3O8S/c1-20(2,32-12-5-3-11(21)4-6-12)19(31)33-10-14(18(30)23-9-16(27)28)24-17(29)13(22)7-8-15(25)26/h3-6,13-14H,7-10,22H2,1-2H3,(H,23,30)(H,24,29)(H,25,26)(H,27,28)/t13-,14-/m0/s1. The van der Waals surface area contributed by atoms with Crippen molar-refractivity contribution in [2.75, 3.05) is 12.3 Å². The molecule has 0 saturated carbocycles. The fraction of sp³-hybridized carbons (Fsp3) is 0.450. The van der Waals surface area contributed by atoms with Gasteiger partial charge in [-0.2, -0.15) is 0 Å². The molecule has 0 aliphatic rings. The van der Waals surface area contributed by atoms with E-state index in [4.69, 9.17) is 32.3 Å². The zero-order valence-corrected chi connectivity index (χ0v) is 19.6. The molecule has 1 rings (SSSR count). The Morgan fingerprint density at radius 3 is 2.24 bits per heavy atom. The zero-order chi connectivity index (χ0) is 25.2. The Balaban J connectivity index is 2.81. The van der Waals surface area contributed by atoms with Crippen LogP contribution in [0, 0.1) is 0 Å². The van der Waals surface area contributed by atoms with Gasteiger partial charge in [-0.1, -0.05) is 23.4 Å². The van der Waals surface area contributed by atoms with E-state index < -0.39 is 53.1 Å². The normalized spacial score (nSPS) is 12.8. The van der Waals surface area contributed by atoms with Crippen molar-refractivity contribution in [1.82, 2.24) is 10.6 Å². The van der Waals surface area contributed by atoms with Gasteiger partial charge in [-0.15, -0.1) is 0 Å². The van der Waals surface area contributed by atoms with E-state index in [1.165, 1.54) is 13.8 Å². The minimum Gasteiger partial charge on any atom is -0.481 e. The molecule has 1 aromatic rings. The van der Waals surface area contributed by atoms with E-state index in [1.54, 1.807) is 24.3 Å². The molecule has 2 atom stereocenters. The molecule has 0 radical (unpaired) electrons. The molecule has 33 heavy (non-hydrogen) atoms. The summed E-state index contributed by atoms with van der Waals surface area (Å²) in [5.74, 6) is -3.93. The summed E-state index contributed by atoms with van der Waals surface area (Å²) >= 11 is 6.53. The SMILES string of the molecule is CC(C)(Oc1ccc(Cl)cc1)C(=O)SC[C@H](NC(=O)[C@@H](N)CCC(=O)O)C(=O)NCC(=O)O. The summed E-state index contributed by atoms with van der Waals surface area (Å²) in [6.45, 7) is 2.35. The summed E-state index contributed by atoms with van der Waals surface area (Å²) in [7, 11) is 0. The number of hydrogen-bond donors (Lipinski definition) is 5.